The fraction of sp³-hybridized carbons (Fsp3) is 0.314. The number of phenolic OH excluding ortho intramolecular Hbond substituents is 1. The third-order valence-corrected chi connectivity index (χ3v) is 10.9. The quantitative estimate of drug-likeness (QED) is 0.265. The van der Waals surface area contributed by atoms with Crippen molar-refractivity contribution in [3.63, 3.8) is 0 Å². The molecule has 47 heavy (non-hydrogen) atoms. The van der Waals surface area contributed by atoms with Crippen LogP contribution in [0.15, 0.2) is 72.3 Å². The van der Waals surface area contributed by atoms with E-state index in [4.69, 9.17) is 32.7 Å². The number of nitrogens with one attached hydrogen (secondary N) is 1. The standard InChI is InChI=1S/C35H31Cl2N3O7/c1-39-31(42)21-13-12-20-22(28(21)33(39)44)16-23-32(43)40(38-25-14-9-18(36)15-24(25)37)34(45)35(23,17-7-10-19(46-2)11-8-17)30(20)29-26(41)5-4-6-27(29)47-3/h4-12,14-15,21-23,28,30,38,41H,13,16H2,1-3H3. The molecule has 2 heterocycles. The SMILES string of the molecule is COc1ccc(C23C(=O)N(Nc4ccc(Cl)cc4Cl)C(=O)C2CC2C(=CCC4C(=O)N(C)C(=O)C42)C3c2c(O)cccc2OC)cc1. The molecule has 2 aliphatic carbocycles. The molecule has 0 aromatic heterocycles. The molecule has 0 spiro atoms. The lowest BCUT2D eigenvalue weighted by atomic mass is 9.49. The number of anilines is 1. The second-order valence-electron chi connectivity index (χ2n) is 12.3. The molecule has 4 aliphatic rings. The van der Waals surface area contributed by atoms with Gasteiger partial charge in [0.25, 0.3) is 11.8 Å². The Morgan fingerprint density at radius 1 is 0.915 bits per heavy atom. The van der Waals surface area contributed by atoms with Gasteiger partial charge >= 0.3 is 0 Å². The molecule has 242 valence electrons. The Balaban J connectivity index is 1.51. The summed E-state index contributed by atoms with van der Waals surface area (Å²) in [6.45, 7) is 0. The zero-order valence-corrected chi connectivity index (χ0v) is 27.2. The summed E-state index contributed by atoms with van der Waals surface area (Å²) in [5, 5.41) is 13.1. The van der Waals surface area contributed by atoms with E-state index in [0.717, 1.165) is 9.91 Å². The van der Waals surface area contributed by atoms with E-state index >= 15 is 4.79 Å². The molecule has 0 radical (unpaired) electrons. The Morgan fingerprint density at radius 3 is 2.34 bits per heavy atom. The lowest BCUT2D eigenvalue weighted by molar-refractivity contribution is -0.140. The van der Waals surface area contributed by atoms with Gasteiger partial charge in [-0.2, -0.15) is 5.01 Å². The average molecular weight is 677 g/mol. The number of rotatable bonds is 6. The molecule has 2 N–H and O–H groups in total. The molecule has 10 nitrogen and oxygen atoms in total. The fourth-order valence-corrected chi connectivity index (χ4v) is 8.77. The maximum absolute atomic E-state index is 15.2. The molecule has 3 aromatic rings. The molecular formula is C35H31Cl2N3O7. The number of aromatic hydroxyl groups is 1. The summed E-state index contributed by atoms with van der Waals surface area (Å²) in [7, 11) is 4.47. The molecule has 6 unspecified atom stereocenters. The summed E-state index contributed by atoms with van der Waals surface area (Å²) < 4.78 is 11.2. The maximum Gasteiger partial charge on any atom is 0.260 e. The van der Waals surface area contributed by atoms with Crippen LogP contribution in [0.1, 0.15) is 29.9 Å². The molecule has 3 fully saturated rings. The van der Waals surface area contributed by atoms with Crippen molar-refractivity contribution < 1.29 is 33.8 Å². The fourth-order valence-electron chi connectivity index (χ4n) is 8.32. The number of ether oxygens (including phenoxy) is 2. The first-order chi connectivity index (χ1) is 22.5. The number of halogens is 2. The number of benzene rings is 3. The summed E-state index contributed by atoms with van der Waals surface area (Å²) in [4.78, 5) is 57.9. The summed E-state index contributed by atoms with van der Waals surface area (Å²) in [5.41, 5.74) is 3.13. The van der Waals surface area contributed by atoms with Crippen molar-refractivity contribution in [2.24, 2.45) is 23.7 Å². The smallest absolute Gasteiger partial charge is 0.260 e. The van der Waals surface area contributed by atoms with Gasteiger partial charge in [0.05, 0.1) is 48.1 Å². The predicted molar refractivity (Wildman–Crippen MR) is 173 cm³/mol. The Hall–Kier alpha value is -4.54. The van der Waals surface area contributed by atoms with Gasteiger partial charge in [-0.05, 0) is 66.8 Å². The van der Waals surface area contributed by atoms with Crippen molar-refractivity contribution in [2.75, 3.05) is 26.7 Å². The molecule has 2 aliphatic heterocycles. The third-order valence-electron chi connectivity index (χ3n) is 10.4. The van der Waals surface area contributed by atoms with E-state index in [2.05, 4.69) is 5.43 Å². The predicted octanol–water partition coefficient (Wildman–Crippen LogP) is 5.33. The van der Waals surface area contributed by atoms with Crippen LogP contribution in [0.2, 0.25) is 10.0 Å². The summed E-state index contributed by atoms with van der Waals surface area (Å²) in [6.07, 6.45) is 2.29. The lowest BCUT2D eigenvalue weighted by Gasteiger charge is -2.50. The summed E-state index contributed by atoms with van der Waals surface area (Å²) in [6, 6.07) is 16.4. The van der Waals surface area contributed by atoms with Crippen LogP contribution >= 0.6 is 23.2 Å². The van der Waals surface area contributed by atoms with Crippen molar-refractivity contribution in [3.8, 4) is 17.2 Å². The number of amides is 4. The van der Waals surface area contributed by atoms with E-state index in [9.17, 15) is 19.5 Å². The minimum Gasteiger partial charge on any atom is -0.508 e. The monoisotopic (exact) mass is 675 g/mol. The van der Waals surface area contributed by atoms with E-state index in [1.165, 1.54) is 33.4 Å². The Morgan fingerprint density at radius 2 is 1.66 bits per heavy atom. The Labute approximate surface area is 280 Å². The van der Waals surface area contributed by atoms with Gasteiger partial charge in [0.1, 0.15) is 17.2 Å². The van der Waals surface area contributed by atoms with Crippen molar-refractivity contribution in [1.82, 2.24) is 9.91 Å². The van der Waals surface area contributed by atoms with Gasteiger partial charge in [-0.25, -0.2) is 0 Å². The van der Waals surface area contributed by atoms with Crippen molar-refractivity contribution in [3.05, 3.63) is 93.5 Å². The van der Waals surface area contributed by atoms with E-state index in [1.54, 1.807) is 48.5 Å². The number of phenols is 1. The van der Waals surface area contributed by atoms with Gasteiger partial charge in [-0.3, -0.25) is 29.5 Å². The highest BCUT2D eigenvalue weighted by Gasteiger charge is 2.71. The van der Waals surface area contributed by atoms with E-state index < -0.39 is 46.8 Å². The van der Waals surface area contributed by atoms with Crippen molar-refractivity contribution in [1.29, 1.82) is 0 Å². The van der Waals surface area contributed by atoms with E-state index in [-0.39, 0.29) is 41.1 Å². The first-order valence-electron chi connectivity index (χ1n) is 15.2. The van der Waals surface area contributed by atoms with Gasteiger partial charge in [0, 0.05) is 23.6 Å². The molecule has 3 aromatic carbocycles. The molecule has 0 bridgehead atoms. The van der Waals surface area contributed by atoms with Crippen LogP contribution in [-0.2, 0) is 24.6 Å². The van der Waals surface area contributed by atoms with Crippen molar-refractivity contribution >= 4 is 52.5 Å². The van der Waals surface area contributed by atoms with Gasteiger partial charge in [-0.1, -0.05) is 53.1 Å². The van der Waals surface area contributed by atoms with Gasteiger partial charge in [0.2, 0.25) is 11.8 Å². The maximum atomic E-state index is 15.2. The molecule has 7 rings (SSSR count). The number of carbonyl (C=O) groups excluding carboxylic acids is 4. The zero-order valence-electron chi connectivity index (χ0n) is 25.7. The second kappa shape index (κ2) is 11.3. The first kappa shape index (κ1) is 31.1. The first-order valence-corrected chi connectivity index (χ1v) is 15.9. The van der Waals surface area contributed by atoms with Crippen LogP contribution in [0, 0.1) is 23.7 Å². The van der Waals surface area contributed by atoms with Gasteiger partial charge < -0.3 is 14.6 Å². The number of methoxy groups -OCH3 is 2. The van der Waals surface area contributed by atoms with Crippen LogP contribution in [0.5, 0.6) is 17.2 Å². The van der Waals surface area contributed by atoms with Gasteiger partial charge in [0.15, 0.2) is 0 Å². The van der Waals surface area contributed by atoms with Crippen LogP contribution in [0.25, 0.3) is 0 Å². The highest BCUT2D eigenvalue weighted by atomic mass is 35.5. The second-order valence-corrected chi connectivity index (χ2v) is 13.2. The molecular weight excluding hydrogens is 645 g/mol. The normalized spacial score (nSPS) is 28.1. The minimum atomic E-state index is -1.62. The number of imide groups is 2. The summed E-state index contributed by atoms with van der Waals surface area (Å²) >= 11 is 12.6. The van der Waals surface area contributed by atoms with Crippen molar-refractivity contribution in [2.45, 2.75) is 24.2 Å². The summed E-state index contributed by atoms with van der Waals surface area (Å²) in [5.74, 6) is -4.86. The number of hydrogen-bond acceptors (Lipinski definition) is 8. The van der Waals surface area contributed by atoms with Crippen LogP contribution in [0.4, 0.5) is 5.69 Å². The highest BCUT2D eigenvalue weighted by Crippen LogP contribution is 2.65. The Bertz CT molecular complexity index is 1880. The number of carbonyl (C=O) groups is 4. The molecule has 1 saturated carbocycles. The number of likely N-dealkylation sites (tertiary alicyclic amines) is 1. The third kappa shape index (κ3) is 4.38. The van der Waals surface area contributed by atoms with E-state index in [0.29, 0.717) is 33.2 Å². The average Bonchev–Trinajstić information content (AvgIpc) is 3.42. The van der Waals surface area contributed by atoms with Crippen LogP contribution in [-0.4, -0.2) is 59.9 Å². The minimum absolute atomic E-state index is 0.107. The largest absolute Gasteiger partial charge is 0.508 e. The number of nitrogens with zero attached hydrogens (tertiary/aromatic N) is 2. The van der Waals surface area contributed by atoms with Gasteiger partial charge in [-0.15, -0.1) is 0 Å². The molecule has 2 saturated heterocycles. The van der Waals surface area contributed by atoms with E-state index in [1.807, 2.05) is 6.08 Å². The molecule has 12 heteroatoms. The Kier molecular flexibility index (Phi) is 7.48. The highest BCUT2D eigenvalue weighted by molar-refractivity contribution is 6.36. The zero-order chi connectivity index (χ0) is 33.4. The number of hydrogen-bond donors (Lipinski definition) is 2. The molecule has 6 atom stereocenters. The number of fused-ring (bicyclic) bond motifs is 4. The number of hydrazine groups is 1. The topological polar surface area (TPSA) is 125 Å². The number of allylic oxidation sites excluding steroid dienone is 2. The molecule has 4 amide bonds. The van der Waals surface area contributed by atoms with Crippen LogP contribution < -0.4 is 14.9 Å². The van der Waals surface area contributed by atoms with Crippen LogP contribution in [0.3, 0.4) is 0 Å². The lowest BCUT2D eigenvalue weighted by Crippen LogP contribution is -2.53.